The Bertz CT molecular complexity index is 482. The minimum atomic E-state index is 0.595. The Balaban J connectivity index is 2.80. The van der Waals surface area contributed by atoms with Crippen LogP contribution in [0.2, 0.25) is 5.02 Å². The lowest BCUT2D eigenvalue weighted by atomic mass is 10.1. The molecule has 1 heterocycles. The van der Waals surface area contributed by atoms with Gasteiger partial charge < -0.3 is 4.74 Å². The van der Waals surface area contributed by atoms with E-state index in [9.17, 15) is 0 Å². The molecule has 0 aliphatic carbocycles. The number of halogens is 1. The van der Waals surface area contributed by atoms with Gasteiger partial charge in [0.25, 0.3) is 0 Å². The van der Waals surface area contributed by atoms with Crippen molar-refractivity contribution in [3.8, 4) is 5.75 Å². The Hall–Kier alpha value is -1.28. The van der Waals surface area contributed by atoms with E-state index in [1.807, 2.05) is 25.1 Å². The molecule has 3 heteroatoms. The van der Waals surface area contributed by atoms with Crippen molar-refractivity contribution in [1.82, 2.24) is 4.98 Å². The zero-order chi connectivity index (χ0) is 10.1. The van der Waals surface area contributed by atoms with E-state index >= 15 is 0 Å². The molecule has 72 valence electrons. The van der Waals surface area contributed by atoms with Crippen molar-refractivity contribution in [2.45, 2.75) is 6.92 Å². The predicted octanol–water partition coefficient (Wildman–Crippen LogP) is 3.21. The van der Waals surface area contributed by atoms with E-state index in [2.05, 4.69) is 4.98 Å². The number of aryl methyl sites for hydroxylation is 1. The van der Waals surface area contributed by atoms with Gasteiger partial charge in [-0.3, -0.25) is 4.98 Å². The van der Waals surface area contributed by atoms with Crippen molar-refractivity contribution in [3.63, 3.8) is 0 Å². The maximum Gasteiger partial charge on any atom is 0.138 e. The quantitative estimate of drug-likeness (QED) is 0.717. The average Bonchev–Trinajstić information content (AvgIpc) is 2.17. The predicted molar refractivity (Wildman–Crippen MR) is 58.0 cm³/mol. The van der Waals surface area contributed by atoms with E-state index < -0.39 is 0 Å². The van der Waals surface area contributed by atoms with E-state index in [1.165, 1.54) is 5.56 Å². The molecule has 2 rings (SSSR count). The lowest BCUT2D eigenvalue weighted by molar-refractivity contribution is 0.415. The van der Waals surface area contributed by atoms with Gasteiger partial charge in [-0.15, -0.1) is 0 Å². The maximum absolute atomic E-state index is 5.99. The molecule has 0 saturated carbocycles. The molecule has 0 saturated heterocycles. The monoisotopic (exact) mass is 207 g/mol. The van der Waals surface area contributed by atoms with Gasteiger partial charge in [0.1, 0.15) is 5.75 Å². The molecule has 2 nitrogen and oxygen atoms in total. The summed E-state index contributed by atoms with van der Waals surface area (Å²) in [6.45, 7) is 2.04. The van der Waals surface area contributed by atoms with Gasteiger partial charge in [0.2, 0.25) is 0 Å². The number of hydrogen-bond acceptors (Lipinski definition) is 2. The smallest absolute Gasteiger partial charge is 0.138 e. The third-order valence-electron chi connectivity index (χ3n) is 2.23. The van der Waals surface area contributed by atoms with E-state index in [4.69, 9.17) is 16.3 Å². The second kappa shape index (κ2) is 3.46. The second-order valence-corrected chi connectivity index (χ2v) is 3.54. The van der Waals surface area contributed by atoms with Crippen LogP contribution in [-0.2, 0) is 0 Å². The van der Waals surface area contributed by atoms with Gasteiger partial charge in [0.05, 0.1) is 17.6 Å². The fourth-order valence-corrected chi connectivity index (χ4v) is 1.68. The number of fused-ring (bicyclic) bond motifs is 1. The minimum absolute atomic E-state index is 0.595. The average molecular weight is 208 g/mol. The van der Waals surface area contributed by atoms with E-state index in [0.29, 0.717) is 10.8 Å². The number of benzene rings is 1. The SMILES string of the molecule is COc1cc2c(C)ccnc2cc1Cl. The fraction of sp³-hybridized carbons (Fsp3) is 0.182. The number of rotatable bonds is 1. The Morgan fingerprint density at radius 1 is 1.36 bits per heavy atom. The molecule has 2 aromatic rings. The molecular weight excluding hydrogens is 198 g/mol. The van der Waals surface area contributed by atoms with Gasteiger partial charge in [-0.05, 0) is 30.7 Å². The van der Waals surface area contributed by atoms with Crippen LogP contribution in [0.1, 0.15) is 5.56 Å². The standard InChI is InChI=1S/C11H10ClNO/c1-7-3-4-13-10-6-9(12)11(14-2)5-8(7)10/h3-6H,1-2H3. The first-order valence-corrected chi connectivity index (χ1v) is 4.69. The molecule has 1 aromatic heterocycles. The molecule has 0 amide bonds. The Morgan fingerprint density at radius 3 is 2.86 bits per heavy atom. The first kappa shape index (κ1) is 9.28. The number of methoxy groups -OCH3 is 1. The molecule has 0 fully saturated rings. The molecular formula is C11H10ClNO. The molecule has 0 aliphatic rings. The van der Waals surface area contributed by atoms with Crippen molar-refractivity contribution >= 4 is 22.5 Å². The fourth-order valence-electron chi connectivity index (χ4n) is 1.44. The summed E-state index contributed by atoms with van der Waals surface area (Å²) in [5.41, 5.74) is 2.07. The highest BCUT2D eigenvalue weighted by Crippen LogP contribution is 2.30. The Kier molecular flexibility index (Phi) is 2.30. The van der Waals surface area contributed by atoms with Gasteiger partial charge in [-0.25, -0.2) is 0 Å². The highest BCUT2D eigenvalue weighted by Gasteiger charge is 2.05. The first-order chi connectivity index (χ1) is 6.72. The van der Waals surface area contributed by atoms with Crippen molar-refractivity contribution in [2.75, 3.05) is 7.11 Å². The lowest BCUT2D eigenvalue weighted by Gasteiger charge is -2.06. The van der Waals surface area contributed by atoms with Gasteiger partial charge >= 0.3 is 0 Å². The summed E-state index contributed by atoms with van der Waals surface area (Å²) < 4.78 is 5.15. The summed E-state index contributed by atoms with van der Waals surface area (Å²) >= 11 is 5.99. The number of hydrogen-bond donors (Lipinski definition) is 0. The van der Waals surface area contributed by atoms with E-state index in [0.717, 1.165) is 10.9 Å². The summed E-state index contributed by atoms with van der Waals surface area (Å²) in [6, 6.07) is 5.71. The molecule has 0 aliphatic heterocycles. The maximum atomic E-state index is 5.99. The summed E-state index contributed by atoms with van der Waals surface area (Å²) in [5, 5.41) is 1.67. The van der Waals surface area contributed by atoms with Gasteiger partial charge in [0, 0.05) is 11.6 Å². The van der Waals surface area contributed by atoms with Crippen molar-refractivity contribution < 1.29 is 4.74 Å². The lowest BCUT2D eigenvalue weighted by Crippen LogP contribution is -1.87. The molecule has 0 N–H and O–H groups in total. The van der Waals surface area contributed by atoms with Gasteiger partial charge in [0.15, 0.2) is 0 Å². The molecule has 0 bridgehead atoms. The molecule has 1 aromatic carbocycles. The van der Waals surface area contributed by atoms with Crippen LogP contribution in [0.5, 0.6) is 5.75 Å². The van der Waals surface area contributed by atoms with Crippen LogP contribution in [0.15, 0.2) is 24.4 Å². The van der Waals surface area contributed by atoms with E-state index in [1.54, 1.807) is 13.3 Å². The minimum Gasteiger partial charge on any atom is -0.495 e. The second-order valence-electron chi connectivity index (χ2n) is 3.13. The number of ether oxygens (including phenoxy) is 1. The van der Waals surface area contributed by atoms with Crippen LogP contribution < -0.4 is 4.74 Å². The zero-order valence-electron chi connectivity index (χ0n) is 8.04. The number of aromatic nitrogens is 1. The highest BCUT2D eigenvalue weighted by atomic mass is 35.5. The summed E-state index contributed by atoms with van der Waals surface area (Å²) in [7, 11) is 1.61. The van der Waals surface area contributed by atoms with Crippen LogP contribution in [0.3, 0.4) is 0 Å². The molecule has 0 unspecified atom stereocenters. The van der Waals surface area contributed by atoms with Crippen molar-refractivity contribution in [1.29, 1.82) is 0 Å². The van der Waals surface area contributed by atoms with Crippen LogP contribution in [0.25, 0.3) is 10.9 Å². The van der Waals surface area contributed by atoms with Gasteiger partial charge in [-0.2, -0.15) is 0 Å². The summed E-state index contributed by atoms with van der Waals surface area (Å²) in [6.07, 6.45) is 1.78. The normalized spacial score (nSPS) is 10.5. The van der Waals surface area contributed by atoms with Crippen LogP contribution in [-0.4, -0.2) is 12.1 Å². The molecule has 0 atom stereocenters. The van der Waals surface area contributed by atoms with Crippen molar-refractivity contribution in [3.05, 3.63) is 35.0 Å². The Labute approximate surface area is 87.5 Å². The summed E-state index contributed by atoms with van der Waals surface area (Å²) in [4.78, 5) is 4.24. The van der Waals surface area contributed by atoms with Crippen LogP contribution in [0.4, 0.5) is 0 Å². The van der Waals surface area contributed by atoms with Gasteiger partial charge in [-0.1, -0.05) is 11.6 Å². The van der Waals surface area contributed by atoms with Crippen molar-refractivity contribution in [2.24, 2.45) is 0 Å². The first-order valence-electron chi connectivity index (χ1n) is 4.31. The number of pyridine rings is 1. The molecule has 0 radical (unpaired) electrons. The Morgan fingerprint density at radius 2 is 2.14 bits per heavy atom. The summed E-state index contributed by atoms with van der Waals surface area (Å²) in [5.74, 6) is 0.690. The van der Waals surface area contributed by atoms with Crippen LogP contribution in [0, 0.1) is 6.92 Å². The third kappa shape index (κ3) is 1.42. The van der Waals surface area contributed by atoms with Crippen LogP contribution >= 0.6 is 11.6 Å². The molecule has 14 heavy (non-hydrogen) atoms. The third-order valence-corrected chi connectivity index (χ3v) is 2.53. The topological polar surface area (TPSA) is 22.1 Å². The molecule has 0 spiro atoms. The zero-order valence-corrected chi connectivity index (χ0v) is 8.80. The highest BCUT2D eigenvalue weighted by molar-refractivity contribution is 6.32. The van der Waals surface area contributed by atoms with E-state index in [-0.39, 0.29) is 0 Å². The number of nitrogens with zero attached hydrogens (tertiary/aromatic N) is 1. The largest absolute Gasteiger partial charge is 0.495 e.